The van der Waals surface area contributed by atoms with Crippen molar-refractivity contribution in [2.45, 2.75) is 0 Å². The van der Waals surface area contributed by atoms with E-state index in [1.165, 1.54) is 6.07 Å². The van der Waals surface area contributed by atoms with Gasteiger partial charge in [-0.1, -0.05) is 42.5 Å². The fourth-order valence-corrected chi connectivity index (χ4v) is 4.98. The van der Waals surface area contributed by atoms with Gasteiger partial charge in [-0.2, -0.15) is 4.98 Å². The summed E-state index contributed by atoms with van der Waals surface area (Å²) in [7, 11) is 0. The number of aromatic nitrogens is 2. The second-order valence-corrected chi connectivity index (χ2v) is 8.31. The average molecular weight is 425 g/mol. The summed E-state index contributed by atoms with van der Waals surface area (Å²) in [4.78, 5) is 15.3. The maximum Gasteiger partial charge on any atom is 0.225 e. The lowest BCUT2D eigenvalue weighted by atomic mass is 10.2. The summed E-state index contributed by atoms with van der Waals surface area (Å²) < 4.78 is 14.1. The number of nitrogens with zero attached hydrogens (tertiary/aromatic N) is 4. The molecule has 1 aliphatic rings. The lowest BCUT2D eigenvalue weighted by Crippen LogP contribution is -2.47. The Morgan fingerprint density at radius 2 is 1.55 bits per heavy atom. The molecule has 4 aromatic rings. The largest absolute Gasteiger partial charge is 0.366 e. The van der Waals surface area contributed by atoms with E-state index in [0.717, 1.165) is 52.7 Å². The predicted octanol–water partition coefficient (Wildman–Crippen LogP) is 5.48. The van der Waals surface area contributed by atoms with Crippen LogP contribution in [0.2, 0.25) is 5.28 Å². The van der Waals surface area contributed by atoms with Crippen LogP contribution in [0.5, 0.6) is 0 Å². The van der Waals surface area contributed by atoms with Crippen molar-refractivity contribution >= 4 is 44.7 Å². The number of hydrogen-bond donors (Lipinski definition) is 0. The van der Waals surface area contributed by atoms with E-state index in [0.29, 0.717) is 5.69 Å². The highest BCUT2D eigenvalue weighted by molar-refractivity contribution is 7.22. The van der Waals surface area contributed by atoms with Gasteiger partial charge in [-0.25, -0.2) is 9.37 Å². The van der Waals surface area contributed by atoms with Gasteiger partial charge in [0.1, 0.15) is 16.5 Å². The zero-order valence-corrected chi connectivity index (χ0v) is 17.1. The number of thiophene rings is 1. The number of rotatable bonds is 3. The maximum atomic E-state index is 14.1. The molecule has 0 bridgehead atoms. The Morgan fingerprint density at radius 3 is 2.31 bits per heavy atom. The lowest BCUT2D eigenvalue weighted by Gasteiger charge is -2.37. The third kappa shape index (κ3) is 3.54. The average Bonchev–Trinajstić information content (AvgIpc) is 3.18. The monoisotopic (exact) mass is 424 g/mol. The molecule has 0 unspecified atom stereocenters. The van der Waals surface area contributed by atoms with Crippen LogP contribution in [-0.2, 0) is 0 Å². The molecular weight excluding hydrogens is 407 g/mol. The van der Waals surface area contributed by atoms with Crippen molar-refractivity contribution in [1.82, 2.24) is 9.97 Å². The van der Waals surface area contributed by atoms with Gasteiger partial charge in [-0.15, -0.1) is 11.3 Å². The molecule has 2 aromatic carbocycles. The van der Waals surface area contributed by atoms with Gasteiger partial charge in [0, 0.05) is 31.1 Å². The van der Waals surface area contributed by atoms with Crippen molar-refractivity contribution in [3.05, 3.63) is 71.8 Å². The topological polar surface area (TPSA) is 32.3 Å². The first-order valence-corrected chi connectivity index (χ1v) is 10.7. The Hall–Kier alpha value is -2.70. The van der Waals surface area contributed by atoms with Gasteiger partial charge in [0.25, 0.3) is 0 Å². The molecule has 2 aromatic heterocycles. The number of hydrogen-bond acceptors (Lipinski definition) is 5. The van der Waals surface area contributed by atoms with Gasteiger partial charge in [0.15, 0.2) is 0 Å². The van der Waals surface area contributed by atoms with Crippen LogP contribution < -0.4 is 9.80 Å². The Labute approximate surface area is 177 Å². The molecule has 7 heteroatoms. The smallest absolute Gasteiger partial charge is 0.225 e. The standard InChI is InChI=1S/C22H18ClFN4S/c23-22-25-20(16-14-19(29-21(16)26-22)15-6-2-1-3-7-15)28-12-10-27(11-13-28)18-9-5-4-8-17(18)24/h1-9,14H,10-13H2. The molecule has 0 aliphatic carbocycles. The Kier molecular flexibility index (Phi) is 4.81. The van der Waals surface area contributed by atoms with Crippen molar-refractivity contribution < 1.29 is 4.39 Å². The first-order chi connectivity index (χ1) is 14.2. The van der Waals surface area contributed by atoms with Crippen LogP contribution in [0.3, 0.4) is 0 Å². The maximum absolute atomic E-state index is 14.1. The summed E-state index contributed by atoms with van der Waals surface area (Å²) in [5, 5.41) is 1.27. The molecule has 3 heterocycles. The van der Waals surface area contributed by atoms with Crippen molar-refractivity contribution in [1.29, 1.82) is 0 Å². The highest BCUT2D eigenvalue weighted by Crippen LogP contribution is 2.37. The number of anilines is 2. The van der Waals surface area contributed by atoms with E-state index >= 15 is 0 Å². The van der Waals surface area contributed by atoms with Crippen LogP contribution in [0.4, 0.5) is 15.9 Å². The van der Waals surface area contributed by atoms with E-state index in [-0.39, 0.29) is 11.1 Å². The molecule has 29 heavy (non-hydrogen) atoms. The molecule has 0 radical (unpaired) electrons. The van der Waals surface area contributed by atoms with Crippen LogP contribution in [-0.4, -0.2) is 36.1 Å². The van der Waals surface area contributed by atoms with Gasteiger partial charge in [-0.05, 0) is 35.4 Å². The molecule has 146 valence electrons. The first-order valence-electron chi connectivity index (χ1n) is 9.46. The van der Waals surface area contributed by atoms with E-state index in [1.807, 2.05) is 30.3 Å². The van der Waals surface area contributed by atoms with Crippen LogP contribution >= 0.6 is 22.9 Å². The third-order valence-corrected chi connectivity index (χ3v) is 6.42. The SMILES string of the molecule is Fc1ccccc1N1CCN(c2nc(Cl)nc3sc(-c4ccccc4)cc23)CC1. The third-order valence-electron chi connectivity index (χ3n) is 5.18. The number of fused-ring (bicyclic) bond motifs is 1. The quantitative estimate of drug-likeness (QED) is 0.408. The number of piperazine rings is 1. The fourth-order valence-electron chi connectivity index (χ4n) is 3.73. The summed E-state index contributed by atoms with van der Waals surface area (Å²) >= 11 is 7.86. The minimum Gasteiger partial charge on any atom is -0.366 e. The molecular formula is C22H18ClFN4S. The number of halogens is 2. The van der Waals surface area contributed by atoms with Crippen LogP contribution in [0.25, 0.3) is 20.7 Å². The molecule has 0 atom stereocenters. The highest BCUT2D eigenvalue weighted by Gasteiger charge is 2.23. The van der Waals surface area contributed by atoms with Crippen LogP contribution in [0.15, 0.2) is 60.7 Å². The van der Waals surface area contributed by atoms with Crippen LogP contribution in [0.1, 0.15) is 0 Å². The lowest BCUT2D eigenvalue weighted by molar-refractivity contribution is 0.596. The van der Waals surface area contributed by atoms with Gasteiger partial charge >= 0.3 is 0 Å². The van der Waals surface area contributed by atoms with E-state index in [1.54, 1.807) is 17.4 Å². The van der Waals surface area contributed by atoms with E-state index < -0.39 is 0 Å². The normalized spacial score (nSPS) is 14.6. The molecule has 5 rings (SSSR count). The molecule has 1 fully saturated rings. The van der Waals surface area contributed by atoms with Crippen molar-refractivity contribution in [3.63, 3.8) is 0 Å². The van der Waals surface area contributed by atoms with Crippen molar-refractivity contribution in [2.75, 3.05) is 36.0 Å². The summed E-state index contributed by atoms with van der Waals surface area (Å²) in [6.45, 7) is 2.93. The molecule has 0 saturated carbocycles. The first kappa shape index (κ1) is 18.3. The van der Waals surface area contributed by atoms with Gasteiger partial charge in [0.2, 0.25) is 5.28 Å². The highest BCUT2D eigenvalue weighted by atomic mass is 35.5. The second kappa shape index (κ2) is 7.61. The Balaban J connectivity index is 1.45. The fraction of sp³-hybridized carbons (Fsp3) is 0.182. The molecule has 1 aliphatic heterocycles. The number of benzene rings is 2. The zero-order chi connectivity index (χ0) is 19.8. The number of para-hydroxylation sites is 1. The summed E-state index contributed by atoms with van der Waals surface area (Å²) in [5.41, 5.74) is 1.81. The summed E-state index contributed by atoms with van der Waals surface area (Å²) in [6.07, 6.45) is 0. The molecule has 0 N–H and O–H groups in total. The van der Waals surface area contributed by atoms with Crippen molar-refractivity contribution in [3.8, 4) is 10.4 Å². The van der Waals surface area contributed by atoms with Gasteiger partial charge in [0.05, 0.1) is 11.1 Å². The molecule has 0 amide bonds. The summed E-state index contributed by atoms with van der Waals surface area (Å²) in [6, 6.07) is 19.3. The molecule has 4 nitrogen and oxygen atoms in total. The second-order valence-electron chi connectivity index (χ2n) is 6.94. The minimum atomic E-state index is -0.182. The molecule has 1 saturated heterocycles. The van der Waals surface area contributed by atoms with E-state index in [2.05, 4.69) is 38.0 Å². The van der Waals surface area contributed by atoms with E-state index in [9.17, 15) is 4.39 Å². The zero-order valence-electron chi connectivity index (χ0n) is 15.6. The van der Waals surface area contributed by atoms with Crippen LogP contribution in [0, 0.1) is 5.82 Å². The molecule has 0 spiro atoms. The minimum absolute atomic E-state index is 0.182. The van der Waals surface area contributed by atoms with E-state index in [4.69, 9.17) is 11.6 Å². The van der Waals surface area contributed by atoms with Gasteiger partial charge < -0.3 is 9.80 Å². The van der Waals surface area contributed by atoms with Crippen molar-refractivity contribution in [2.24, 2.45) is 0 Å². The van der Waals surface area contributed by atoms with Gasteiger partial charge in [-0.3, -0.25) is 0 Å². The Bertz CT molecular complexity index is 1160. The predicted molar refractivity (Wildman–Crippen MR) is 119 cm³/mol. The summed E-state index contributed by atoms with van der Waals surface area (Å²) in [5.74, 6) is 0.672. The Morgan fingerprint density at radius 1 is 0.862 bits per heavy atom.